The quantitative estimate of drug-likeness (QED) is 0.780. The van der Waals surface area contributed by atoms with Crippen LogP contribution < -0.4 is 0 Å². The summed E-state index contributed by atoms with van der Waals surface area (Å²) in [5.74, 6) is 0.528. The molecule has 86 valence electrons. The Hall–Kier alpha value is -1.78. The minimum absolute atomic E-state index is 0.170. The summed E-state index contributed by atoms with van der Waals surface area (Å²) in [6.45, 7) is 2.07. The van der Waals surface area contributed by atoms with Crippen LogP contribution >= 0.6 is 0 Å². The van der Waals surface area contributed by atoms with E-state index in [9.17, 15) is 9.59 Å². The van der Waals surface area contributed by atoms with Crippen LogP contribution in [0, 0.1) is 0 Å². The van der Waals surface area contributed by atoms with Crippen LogP contribution in [-0.2, 0) is 16.0 Å². The minimum atomic E-state index is -0.544. The van der Waals surface area contributed by atoms with Gasteiger partial charge in [0.2, 0.25) is 5.91 Å². The lowest BCUT2D eigenvalue weighted by Gasteiger charge is -2.15. The molecule has 1 aromatic rings. The number of imide groups is 1. The lowest BCUT2D eigenvalue weighted by molar-refractivity contribution is -0.128. The Balaban J connectivity index is 1.90. The molecule has 0 aliphatic carbocycles. The number of amides is 2. The number of aryl methyl sites for hydroxylation is 1. The molecule has 1 aromatic heterocycles. The van der Waals surface area contributed by atoms with Crippen molar-refractivity contribution in [2.75, 3.05) is 6.61 Å². The van der Waals surface area contributed by atoms with Crippen LogP contribution in [0.1, 0.15) is 19.1 Å². The molecule has 5 heteroatoms. The molecule has 0 saturated carbocycles. The number of hydrogen-bond acceptors (Lipinski definition) is 4. The highest BCUT2D eigenvalue weighted by Gasteiger charge is 2.34. The van der Waals surface area contributed by atoms with Gasteiger partial charge in [0.25, 0.3) is 0 Å². The molecule has 1 saturated heterocycles. The Morgan fingerprint density at radius 2 is 2.44 bits per heavy atom. The van der Waals surface area contributed by atoms with Gasteiger partial charge in [-0.2, -0.15) is 0 Å². The third kappa shape index (κ3) is 2.08. The van der Waals surface area contributed by atoms with Crippen molar-refractivity contribution in [2.24, 2.45) is 0 Å². The Kier molecular flexibility index (Phi) is 2.94. The fourth-order valence-electron chi connectivity index (χ4n) is 1.67. The van der Waals surface area contributed by atoms with E-state index in [1.807, 2.05) is 0 Å². The molecule has 0 unspecified atom stereocenters. The number of cyclic esters (lactones) is 1. The third-order valence-corrected chi connectivity index (χ3v) is 2.52. The van der Waals surface area contributed by atoms with Crippen molar-refractivity contribution in [3.8, 4) is 0 Å². The topological polar surface area (TPSA) is 59.8 Å². The highest BCUT2D eigenvalue weighted by molar-refractivity contribution is 5.93. The second kappa shape index (κ2) is 4.38. The van der Waals surface area contributed by atoms with E-state index in [2.05, 4.69) is 0 Å². The van der Waals surface area contributed by atoms with Crippen LogP contribution in [-0.4, -0.2) is 29.5 Å². The van der Waals surface area contributed by atoms with Crippen molar-refractivity contribution >= 4 is 12.0 Å². The molecule has 2 heterocycles. The van der Waals surface area contributed by atoms with Gasteiger partial charge in [-0.15, -0.1) is 0 Å². The summed E-state index contributed by atoms with van der Waals surface area (Å²) >= 11 is 0. The Morgan fingerprint density at radius 1 is 1.62 bits per heavy atom. The van der Waals surface area contributed by atoms with Gasteiger partial charge in [-0.1, -0.05) is 0 Å². The summed E-state index contributed by atoms with van der Waals surface area (Å²) in [4.78, 5) is 24.2. The van der Waals surface area contributed by atoms with Crippen molar-refractivity contribution in [2.45, 2.75) is 25.8 Å². The average Bonchev–Trinajstić information content (AvgIpc) is 2.86. The fraction of sp³-hybridized carbons (Fsp3) is 0.455. The first kappa shape index (κ1) is 10.7. The average molecular weight is 223 g/mol. The van der Waals surface area contributed by atoms with E-state index in [4.69, 9.17) is 9.15 Å². The van der Waals surface area contributed by atoms with Crippen molar-refractivity contribution in [3.63, 3.8) is 0 Å². The molecule has 2 rings (SSSR count). The van der Waals surface area contributed by atoms with Gasteiger partial charge >= 0.3 is 6.09 Å². The second-order valence-electron chi connectivity index (χ2n) is 3.77. The highest BCUT2D eigenvalue weighted by atomic mass is 16.6. The SMILES string of the molecule is C[C@@H]1COC(=O)N1C(=O)CCc1ccco1. The summed E-state index contributed by atoms with van der Waals surface area (Å²) < 4.78 is 9.89. The van der Waals surface area contributed by atoms with Crippen LogP contribution in [0.4, 0.5) is 4.79 Å². The van der Waals surface area contributed by atoms with Crippen molar-refractivity contribution in [1.82, 2.24) is 4.90 Å². The van der Waals surface area contributed by atoms with Crippen LogP contribution in [0.2, 0.25) is 0 Å². The maximum Gasteiger partial charge on any atom is 0.416 e. The summed E-state index contributed by atoms with van der Waals surface area (Å²) in [6, 6.07) is 3.41. The van der Waals surface area contributed by atoms with E-state index >= 15 is 0 Å². The first-order valence-corrected chi connectivity index (χ1v) is 5.19. The molecule has 0 spiro atoms. The first-order chi connectivity index (χ1) is 7.68. The Bertz CT molecular complexity index is 385. The molecule has 1 aliphatic rings. The molecule has 0 aromatic carbocycles. The number of nitrogens with zero attached hydrogens (tertiary/aromatic N) is 1. The van der Waals surface area contributed by atoms with Gasteiger partial charge in [0, 0.05) is 12.8 Å². The minimum Gasteiger partial charge on any atom is -0.469 e. The van der Waals surface area contributed by atoms with Crippen molar-refractivity contribution < 1.29 is 18.7 Å². The van der Waals surface area contributed by atoms with Gasteiger partial charge < -0.3 is 9.15 Å². The van der Waals surface area contributed by atoms with Gasteiger partial charge in [0.1, 0.15) is 12.4 Å². The van der Waals surface area contributed by atoms with E-state index in [1.165, 1.54) is 4.90 Å². The number of carbonyl (C=O) groups excluding carboxylic acids is 2. The Labute approximate surface area is 93.0 Å². The van der Waals surface area contributed by atoms with Crippen molar-refractivity contribution in [3.05, 3.63) is 24.2 Å². The third-order valence-electron chi connectivity index (χ3n) is 2.52. The molecule has 16 heavy (non-hydrogen) atoms. The Morgan fingerprint density at radius 3 is 3.00 bits per heavy atom. The van der Waals surface area contributed by atoms with E-state index < -0.39 is 6.09 Å². The fourth-order valence-corrected chi connectivity index (χ4v) is 1.67. The van der Waals surface area contributed by atoms with Crippen LogP contribution in [0.3, 0.4) is 0 Å². The van der Waals surface area contributed by atoms with Gasteiger partial charge in [0.05, 0.1) is 12.3 Å². The molecule has 2 amide bonds. The van der Waals surface area contributed by atoms with Gasteiger partial charge in [-0.3, -0.25) is 4.79 Å². The van der Waals surface area contributed by atoms with E-state index in [-0.39, 0.29) is 25.0 Å². The molecule has 1 aliphatic heterocycles. The maximum absolute atomic E-state index is 11.7. The van der Waals surface area contributed by atoms with Gasteiger partial charge in [-0.25, -0.2) is 9.69 Å². The zero-order valence-corrected chi connectivity index (χ0v) is 9.01. The van der Waals surface area contributed by atoms with Gasteiger partial charge in [-0.05, 0) is 19.1 Å². The molecule has 0 N–H and O–H groups in total. The van der Waals surface area contributed by atoms with Crippen LogP contribution in [0.5, 0.6) is 0 Å². The molecule has 5 nitrogen and oxygen atoms in total. The lowest BCUT2D eigenvalue weighted by atomic mass is 10.2. The predicted molar refractivity (Wildman–Crippen MR) is 54.7 cm³/mol. The smallest absolute Gasteiger partial charge is 0.416 e. The number of carbonyl (C=O) groups is 2. The van der Waals surface area contributed by atoms with Crippen LogP contribution in [0.15, 0.2) is 22.8 Å². The molecular weight excluding hydrogens is 210 g/mol. The summed E-state index contributed by atoms with van der Waals surface area (Å²) in [7, 11) is 0. The lowest BCUT2D eigenvalue weighted by Crippen LogP contribution is -2.37. The monoisotopic (exact) mass is 223 g/mol. The zero-order valence-electron chi connectivity index (χ0n) is 9.01. The van der Waals surface area contributed by atoms with E-state index in [0.717, 1.165) is 5.76 Å². The second-order valence-corrected chi connectivity index (χ2v) is 3.77. The summed E-state index contributed by atoms with van der Waals surface area (Å²) in [6.07, 6.45) is 1.78. The predicted octanol–water partition coefficient (Wildman–Crippen LogP) is 1.58. The molecular formula is C11H13NO4. The highest BCUT2D eigenvalue weighted by Crippen LogP contribution is 2.14. The number of furan rings is 1. The van der Waals surface area contributed by atoms with E-state index in [0.29, 0.717) is 6.42 Å². The van der Waals surface area contributed by atoms with Crippen molar-refractivity contribution in [1.29, 1.82) is 0 Å². The summed E-state index contributed by atoms with van der Waals surface area (Å²) in [5, 5.41) is 0. The van der Waals surface area contributed by atoms with Crippen LogP contribution in [0.25, 0.3) is 0 Å². The summed E-state index contributed by atoms with van der Waals surface area (Å²) in [5.41, 5.74) is 0. The number of rotatable bonds is 3. The van der Waals surface area contributed by atoms with E-state index in [1.54, 1.807) is 25.3 Å². The maximum atomic E-state index is 11.7. The molecule has 1 atom stereocenters. The zero-order chi connectivity index (χ0) is 11.5. The molecule has 1 fully saturated rings. The number of ether oxygens (including phenoxy) is 1. The standard InChI is InChI=1S/C11H13NO4/c1-8-7-16-11(14)12(8)10(13)5-4-9-3-2-6-15-9/h2-3,6,8H,4-5,7H2,1H3/t8-/m1/s1. The molecule has 0 radical (unpaired) electrons. The largest absolute Gasteiger partial charge is 0.469 e. The normalized spacial score (nSPS) is 19.9. The first-order valence-electron chi connectivity index (χ1n) is 5.19. The number of hydrogen-bond donors (Lipinski definition) is 0. The molecule has 0 bridgehead atoms. The van der Waals surface area contributed by atoms with Gasteiger partial charge in [0.15, 0.2) is 0 Å².